The van der Waals surface area contributed by atoms with Gasteiger partial charge in [-0.1, -0.05) is 0 Å². The second-order valence-electron chi connectivity index (χ2n) is 1.28. The molecule has 2 heteroatoms. The zero-order valence-corrected chi connectivity index (χ0v) is 7.65. The molecule has 6 heavy (non-hydrogen) atoms. The minimum absolute atomic E-state index is 0. The number of hydrogen-bond donors (Lipinski definition) is 0. The summed E-state index contributed by atoms with van der Waals surface area (Å²) in [6.45, 7) is 3.72. The Morgan fingerprint density at radius 2 is 1.83 bits per heavy atom. The summed E-state index contributed by atoms with van der Waals surface area (Å²) in [5.41, 5.74) is 0. The maximum atomic E-state index is 7.89. The molecule has 0 fully saturated rings. The van der Waals surface area contributed by atoms with Gasteiger partial charge in [0.25, 0.3) is 0 Å². The summed E-state index contributed by atoms with van der Waals surface area (Å²) in [4.78, 5) is 0. The summed E-state index contributed by atoms with van der Waals surface area (Å²) < 4.78 is 0. The molecule has 0 saturated carbocycles. The number of nitriles is 1. The average Bonchev–Trinajstić information content (AvgIpc) is 1.38. The summed E-state index contributed by atoms with van der Waals surface area (Å²) in [5.74, 6) is 0.190. The van der Waals surface area contributed by atoms with Crippen molar-refractivity contribution < 1.29 is 52.8 Å². The first kappa shape index (κ1) is 10.2. The monoisotopic (exact) mass is 109 g/mol. The van der Waals surface area contributed by atoms with Gasteiger partial charge in [-0.25, -0.2) is 0 Å². The fourth-order valence-corrected chi connectivity index (χ4v) is 0. The van der Waals surface area contributed by atoms with E-state index < -0.39 is 0 Å². The molecule has 0 aromatic rings. The molecule has 0 spiro atoms. The smallest absolute Gasteiger partial charge is 1.00 e. The van der Waals surface area contributed by atoms with Crippen LogP contribution in [0.4, 0.5) is 0 Å². The summed E-state index contributed by atoms with van der Waals surface area (Å²) in [7, 11) is 0. The molecule has 0 aromatic carbocycles. The van der Waals surface area contributed by atoms with Gasteiger partial charge >= 0.3 is 51.4 Å². The Kier molecular flexibility index (Phi) is 10.4. The summed E-state index contributed by atoms with van der Waals surface area (Å²) >= 11 is 0. The van der Waals surface area contributed by atoms with Crippen molar-refractivity contribution in [3.05, 3.63) is 0 Å². The van der Waals surface area contributed by atoms with Crippen molar-refractivity contribution in [2.75, 3.05) is 0 Å². The first-order chi connectivity index (χ1) is 2.27. The maximum absolute atomic E-state index is 7.89. The Labute approximate surface area is 82.6 Å². The maximum Gasteiger partial charge on any atom is 1.00 e. The second-order valence-corrected chi connectivity index (χ2v) is 1.28. The molecule has 0 bridgehead atoms. The van der Waals surface area contributed by atoms with Crippen LogP contribution in [0.3, 0.4) is 0 Å². The molecule has 0 aliphatic carbocycles. The zero-order chi connectivity index (χ0) is 4.28. The largest absolute Gasteiger partial charge is 1.00 e. The number of nitrogens with zero attached hydrogens (tertiary/aromatic N) is 1. The van der Waals surface area contributed by atoms with Gasteiger partial charge in [0.05, 0.1) is 6.07 Å². The molecule has 0 radical (unpaired) electrons. The molecule has 0 saturated heterocycles. The molecule has 0 rings (SSSR count). The number of hydrogen-bond acceptors (Lipinski definition) is 1. The topological polar surface area (TPSA) is 23.8 Å². The SMILES string of the molecule is CC(C)C#N.[H-].[K+]. The van der Waals surface area contributed by atoms with E-state index in [1.165, 1.54) is 0 Å². The summed E-state index contributed by atoms with van der Waals surface area (Å²) in [6, 6.07) is 2.03. The Balaban J connectivity index is -0.0000000800. The predicted octanol–water partition coefficient (Wildman–Crippen LogP) is -1.72. The van der Waals surface area contributed by atoms with Crippen molar-refractivity contribution in [1.82, 2.24) is 0 Å². The molecule has 0 N–H and O–H groups in total. The predicted molar refractivity (Wildman–Crippen MR) is 21.6 cm³/mol. The van der Waals surface area contributed by atoms with Gasteiger partial charge in [-0.05, 0) is 13.8 Å². The van der Waals surface area contributed by atoms with Crippen molar-refractivity contribution in [1.29, 1.82) is 5.26 Å². The van der Waals surface area contributed by atoms with E-state index in [0.29, 0.717) is 0 Å². The van der Waals surface area contributed by atoms with Gasteiger partial charge in [0, 0.05) is 5.92 Å². The van der Waals surface area contributed by atoms with Crippen LogP contribution in [-0.2, 0) is 0 Å². The molecule has 0 amide bonds. The third-order valence-electron chi connectivity index (χ3n) is 0.258. The van der Waals surface area contributed by atoms with Crippen LogP contribution >= 0.6 is 0 Å². The standard InChI is InChI=1S/C4H7N.K.H/c1-4(2)3-5;;/h4H,1-2H3;;/q;+1;-1. The molecular formula is C4H8KN. The van der Waals surface area contributed by atoms with E-state index in [1.807, 2.05) is 19.9 Å². The van der Waals surface area contributed by atoms with E-state index in [4.69, 9.17) is 5.26 Å². The van der Waals surface area contributed by atoms with Crippen LogP contribution in [0.2, 0.25) is 0 Å². The van der Waals surface area contributed by atoms with Crippen LogP contribution in [0, 0.1) is 17.2 Å². The fraction of sp³-hybridized carbons (Fsp3) is 0.750. The first-order valence-corrected chi connectivity index (χ1v) is 1.67. The zero-order valence-electron chi connectivity index (χ0n) is 5.52. The summed E-state index contributed by atoms with van der Waals surface area (Å²) in [6.07, 6.45) is 0. The first-order valence-electron chi connectivity index (χ1n) is 1.67. The van der Waals surface area contributed by atoms with Gasteiger partial charge in [0.2, 0.25) is 0 Å². The summed E-state index contributed by atoms with van der Waals surface area (Å²) in [5, 5.41) is 7.89. The van der Waals surface area contributed by atoms with Crippen LogP contribution in [0.25, 0.3) is 0 Å². The van der Waals surface area contributed by atoms with Gasteiger partial charge in [-0.3, -0.25) is 0 Å². The third kappa shape index (κ3) is 8.93. The fourth-order valence-electron chi connectivity index (χ4n) is 0. The number of rotatable bonds is 0. The Morgan fingerprint density at radius 1 is 1.67 bits per heavy atom. The molecule has 0 unspecified atom stereocenters. The van der Waals surface area contributed by atoms with E-state index in [9.17, 15) is 0 Å². The quantitative estimate of drug-likeness (QED) is 0.340. The van der Waals surface area contributed by atoms with E-state index in [0.717, 1.165) is 0 Å². The minimum Gasteiger partial charge on any atom is -1.00 e. The van der Waals surface area contributed by atoms with Gasteiger partial charge in [0.1, 0.15) is 0 Å². The van der Waals surface area contributed by atoms with Gasteiger partial charge in [0.15, 0.2) is 0 Å². The van der Waals surface area contributed by atoms with Crippen molar-refractivity contribution >= 4 is 0 Å². The van der Waals surface area contributed by atoms with Crippen LogP contribution in [0.5, 0.6) is 0 Å². The van der Waals surface area contributed by atoms with E-state index in [-0.39, 0.29) is 58.7 Å². The van der Waals surface area contributed by atoms with Crippen LogP contribution in [-0.4, -0.2) is 0 Å². The van der Waals surface area contributed by atoms with Crippen molar-refractivity contribution in [3.63, 3.8) is 0 Å². The van der Waals surface area contributed by atoms with E-state index in [2.05, 4.69) is 0 Å². The molecule has 1 nitrogen and oxygen atoms in total. The Hall–Kier alpha value is 1.13. The molecular weight excluding hydrogens is 101 g/mol. The Bertz CT molecular complexity index is 57.2. The average molecular weight is 109 g/mol. The molecule has 0 aromatic heterocycles. The molecule has 0 aliphatic rings. The van der Waals surface area contributed by atoms with Gasteiger partial charge in [-0.15, -0.1) is 0 Å². The normalized spacial score (nSPS) is 6.33. The second kappa shape index (κ2) is 6.13. The third-order valence-corrected chi connectivity index (χ3v) is 0.258. The van der Waals surface area contributed by atoms with Crippen molar-refractivity contribution in [2.45, 2.75) is 13.8 Å². The van der Waals surface area contributed by atoms with Crippen molar-refractivity contribution in [2.24, 2.45) is 5.92 Å². The van der Waals surface area contributed by atoms with E-state index in [1.54, 1.807) is 0 Å². The van der Waals surface area contributed by atoms with E-state index >= 15 is 0 Å². The molecule has 30 valence electrons. The molecule has 0 aliphatic heterocycles. The van der Waals surface area contributed by atoms with Crippen molar-refractivity contribution in [3.8, 4) is 6.07 Å². The minimum atomic E-state index is 0. The van der Waals surface area contributed by atoms with Crippen LogP contribution < -0.4 is 51.4 Å². The van der Waals surface area contributed by atoms with Crippen LogP contribution in [0.15, 0.2) is 0 Å². The molecule has 0 atom stereocenters. The molecule has 0 heterocycles. The van der Waals surface area contributed by atoms with Gasteiger partial charge < -0.3 is 1.43 Å². The van der Waals surface area contributed by atoms with Gasteiger partial charge in [-0.2, -0.15) is 5.26 Å². The van der Waals surface area contributed by atoms with Crippen LogP contribution in [0.1, 0.15) is 15.3 Å². The Morgan fingerprint density at radius 3 is 1.83 bits per heavy atom.